The maximum absolute atomic E-state index is 12.9. The zero-order chi connectivity index (χ0) is 23.7. The Bertz CT molecular complexity index is 1550. The lowest BCUT2D eigenvalue weighted by Crippen LogP contribution is -2.28. The third-order valence-corrected chi connectivity index (χ3v) is 5.29. The summed E-state index contributed by atoms with van der Waals surface area (Å²) >= 11 is 5.94. The number of aromatic nitrogens is 5. The number of halogens is 1. The van der Waals surface area contributed by atoms with E-state index in [1.165, 1.54) is 11.5 Å². The SMILES string of the molecule is COc1ccccc1NC(=O)Cn1nc2c(-c3nc(-c4ccc(Cl)cc4)no3)cccn2c1=O. The fraction of sp³-hybridized carbons (Fsp3) is 0.0870. The van der Waals surface area contributed by atoms with Gasteiger partial charge in [0, 0.05) is 16.8 Å². The summed E-state index contributed by atoms with van der Waals surface area (Å²) in [5, 5.41) is 11.7. The molecule has 3 heterocycles. The Morgan fingerprint density at radius 1 is 1.12 bits per heavy atom. The Morgan fingerprint density at radius 2 is 1.91 bits per heavy atom. The van der Waals surface area contributed by atoms with Gasteiger partial charge in [-0.25, -0.2) is 13.9 Å². The van der Waals surface area contributed by atoms with Gasteiger partial charge in [0.05, 0.1) is 18.4 Å². The predicted octanol–water partition coefficient (Wildman–Crippen LogP) is 3.51. The van der Waals surface area contributed by atoms with Crippen LogP contribution >= 0.6 is 11.6 Å². The Labute approximate surface area is 197 Å². The number of hydrogen-bond acceptors (Lipinski definition) is 7. The van der Waals surface area contributed by atoms with E-state index < -0.39 is 11.6 Å². The molecule has 5 aromatic rings. The highest BCUT2D eigenvalue weighted by atomic mass is 35.5. The van der Waals surface area contributed by atoms with Crippen molar-refractivity contribution in [3.8, 4) is 28.6 Å². The summed E-state index contributed by atoms with van der Waals surface area (Å²) in [7, 11) is 1.51. The van der Waals surface area contributed by atoms with E-state index in [1.807, 2.05) is 0 Å². The molecule has 10 nitrogen and oxygen atoms in total. The quantitative estimate of drug-likeness (QED) is 0.398. The molecule has 0 saturated heterocycles. The molecule has 1 N–H and O–H groups in total. The van der Waals surface area contributed by atoms with Gasteiger partial charge in [0.25, 0.3) is 5.89 Å². The van der Waals surface area contributed by atoms with Crippen molar-refractivity contribution in [2.24, 2.45) is 0 Å². The molecule has 2 aromatic carbocycles. The monoisotopic (exact) mass is 476 g/mol. The molecule has 0 aliphatic carbocycles. The fourth-order valence-corrected chi connectivity index (χ4v) is 3.56. The second kappa shape index (κ2) is 8.83. The number of benzene rings is 2. The van der Waals surface area contributed by atoms with Crippen LogP contribution in [-0.4, -0.2) is 37.3 Å². The number of hydrogen-bond donors (Lipinski definition) is 1. The van der Waals surface area contributed by atoms with Crippen LogP contribution in [0.15, 0.2) is 76.2 Å². The average molecular weight is 477 g/mol. The largest absolute Gasteiger partial charge is 0.495 e. The van der Waals surface area contributed by atoms with Gasteiger partial charge in [0.1, 0.15) is 12.3 Å². The summed E-state index contributed by atoms with van der Waals surface area (Å²) < 4.78 is 13.1. The summed E-state index contributed by atoms with van der Waals surface area (Å²) in [6.07, 6.45) is 1.55. The van der Waals surface area contributed by atoms with Gasteiger partial charge in [-0.15, -0.1) is 5.10 Å². The number of nitrogens with zero attached hydrogens (tertiary/aromatic N) is 5. The minimum Gasteiger partial charge on any atom is -0.495 e. The van der Waals surface area contributed by atoms with E-state index in [1.54, 1.807) is 66.9 Å². The number of ether oxygens (including phenoxy) is 1. The maximum Gasteiger partial charge on any atom is 0.350 e. The number of fused-ring (bicyclic) bond motifs is 1. The first kappa shape index (κ1) is 21.4. The first-order valence-electron chi connectivity index (χ1n) is 10.1. The van der Waals surface area contributed by atoms with Gasteiger partial charge < -0.3 is 14.6 Å². The summed E-state index contributed by atoms with van der Waals surface area (Å²) in [6.45, 7) is -0.294. The molecule has 34 heavy (non-hydrogen) atoms. The Hall–Kier alpha value is -4.44. The summed E-state index contributed by atoms with van der Waals surface area (Å²) in [6, 6.07) is 17.4. The molecule has 170 valence electrons. The summed E-state index contributed by atoms with van der Waals surface area (Å²) in [5.74, 6) is 0.630. The third-order valence-electron chi connectivity index (χ3n) is 5.04. The van der Waals surface area contributed by atoms with Crippen molar-refractivity contribution in [3.05, 3.63) is 82.4 Å². The van der Waals surface area contributed by atoms with Gasteiger partial charge in [-0.05, 0) is 48.5 Å². The van der Waals surface area contributed by atoms with Crippen molar-refractivity contribution in [2.75, 3.05) is 12.4 Å². The molecule has 0 saturated carbocycles. The second-order valence-electron chi connectivity index (χ2n) is 7.23. The molecule has 1 amide bonds. The van der Waals surface area contributed by atoms with Crippen LogP contribution in [-0.2, 0) is 11.3 Å². The number of anilines is 1. The highest BCUT2D eigenvalue weighted by Gasteiger charge is 2.19. The molecule has 0 fully saturated rings. The van der Waals surface area contributed by atoms with E-state index in [9.17, 15) is 9.59 Å². The molecule has 0 aliphatic heterocycles. The lowest BCUT2D eigenvalue weighted by Gasteiger charge is -2.09. The molecule has 0 atom stereocenters. The highest BCUT2D eigenvalue weighted by molar-refractivity contribution is 6.30. The van der Waals surface area contributed by atoms with Crippen molar-refractivity contribution in [3.63, 3.8) is 0 Å². The van der Waals surface area contributed by atoms with Crippen molar-refractivity contribution in [1.82, 2.24) is 24.3 Å². The Morgan fingerprint density at radius 3 is 2.71 bits per heavy atom. The number of carbonyl (C=O) groups is 1. The van der Waals surface area contributed by atoms with Gasteiger partial charge in [-0.2, -0.15) is 4.98 Å². The van der Waals surface area contributed by atoms with Crippen molar-refractivity contribution >= 4 is 28.8 Å². The van der Waals surface area contributed by atoms with Gasteiger partial charge in [0.2, 0.25) is 11.7 Å². The van der Waals surface area contributed by atoms with Crippen LogP contribution in [0.4, 0.5) is 5.69 Å². The first-order valence-corrected chi connectivity index (χ1v) is 10.5. The van der Waals surface area contributed by atoms with Crippen LogP contribution in [0.2, 0.25) is 5.02 Å². The van der Waals surface area contributed by atoms with Crippen LogP contribution in [0.1, 0.15) is 0 Å². The van der Waals surface area contributed by atoms with Gasteiger partial charge in [-0.1, -0.05) is 28.9 Å². The normalized spacial score (nSPS) is 11.0. The maximum atomic E-state index is 12.9. The highest BCUT2D eigenvalue weighted by Crippen LogP contribution is 2.26. The molecule has 11 heteroatoms. The van der Waals surface area contributed by atoms with Gasteiger partial charge >= 0.3 is 5.69 Å². The molecule has 0 spiro atoms. The molecule has 0 bridgehead atoms. The number of pyridine rings is 1. The number of methoxy groups -OCH3 is 1. The van der Waals surface area contributed by atoms with Gasteiger partial charge in [0.15, 0.2) is 5.65 Å². The van der Waals surface area contributed by atoms with Crippen LogP contribution in [0, 0.1) is 0 Å². The lowest BCUT2D eigenvalue weighted by atomic mass is 10.2. The second-order valence-corrected chi connectivity index (χ2v) is 7.67. The minimum atomic E-state index is -0.482. The molecule has 0 unspecified atom stereocenters. The van der Waals surface area contributed by atoms with E-state index in [0.717, 1.165) is 10.2 Å². The summed E-state index contributed by atoms with van der Waals surface area (Å²) in [4.78, 5) is 29.9. The van der Waals surface area contributed by atoms with Crippen LogP contribution in [0.5, 0.6) is 5.75 Å². The average Bonchev–Trinajstić information content (AvgIpc) is 3.45. The molecular formula is C23H17ClN6O4. The van der Waals surface area contributed by atoms with Crippen molar-refractivity contribution < 1.29 is 14.1 Å². The van der Waals surface area contributed by atoms with Crippen molar-refractivity contribution in [1.29, 1.82) is 0 Å². The van der Waals surface area contributed by atoms with Crippen LogP contribution < -0.4 is 15.7 Å². The Balaban J connectivity index is 1.45. The van der Waals surface area contributed by atoms with E-state index >= 15 is 0 Å². The predicted molar refractivity (Wildman–Crippen MR) is 125 cm³/mol. The third kappa shape index (κ3) is 4.02. The van der Waals surface area contributed by atoms with Gasteiger partial charge in [-0.3, -0.25) is 4.79 Å². The number of rotatable bonds is 6. The Kier molecular flexibility index (Phi) is 5.56. The fourth-order valence-electron chi connectivity index (χ4n) is 3.43. The number of amides is 1. The standard InChI is InChI=1S/C23H17ClN6O4/c1-33-18-7-3-2-6-17(18)25-19(31)13-30-23(32)29-12-4-5-16(21(29)27-30)22-26-20(28-34-22)14-8-10-15(24)11-9-14/h2-12H,13H2,1H3,(H,25,31). The number of para-hydroxylation sites is 2. The lowest BCUT2D eigenvalue weighted by molar-refractivity contribution is -0.117. The number of nitrogens with one attached hydrogen (secondary N) is 1. The van der Waals surface area contributed by atoms with E-state index in [2.05, 4.69) is 20.6 Å². The van der Waals surface area contributed by atoms with E-state index in [-0.39, 0.29) is 18.1 Å². The minimum absolute atomic E-state index is 0.186. The number of carbonyl (C=O) groups excluding carboxylic acids is 1. The topological polar surface area (TPSA) is 117 Å². The zero-order valence-corrected chi connectivity index (χ0v) is 18.6. The molecule has 5 rings (SSSR count). The molecule has 3 aromatic heterocycles. The summed E-state index contributed by atoms with van der Waals surface area (Å²) in [5.41, 5.74) is 1.47. The van der Waals surface area contributed by atoms with E-state index in [4.69, 9.17) is 20.9 Å². The molecule has 0 aliphatic rings. The van der Waals surface area contributed by atoms with Crippen molar-refractivity contribution in [2.45, 2.75) is 6.54 Å². The van der Waals surface area contributed by atoms with Crippen LogP contribution in [0.25, 0.3) is 28.5 Å². The molecule has 0 radical (unpaired) electrons. The smallest absolute Gasteiger partial charge is 0.350 e. The van der Waals surface area contributed by atoms with Crippen LogP contribution in [0.3, 0.4) is 0 Å². The molecular weight excluding hydrogens is 460 g/mol. The van der Waals surface area contributed by atoms with E-state index in [0.29, 0.717) is 27.8 Å². The first-order chi connectivity index (χ1) is 16.5. The zero-order valence-electron chi connectivity index (χ0n) is 17.8.